The van der Waals surface area contributed by atoms with Gasteiger partial charge in [0, 0.05) is 5.88 Å². The highest BCUT2D eigenvalue weighted by Gasteiger charge is 2.22. The second-order valence-corrected chi connectivity index (χ2v) is 3.70. The number of nitrogen functional groups attached to an aromatic ring is 1. The minimum absolute atomic E-state index is 0.0175. The van der Waals surface area contributed by atoms with Gasteiger partial charge in [-0.2, -0.15) is 0 Å². The van der Waals surface area contributed by atoms with Gasteiger partial charge in [0.1, 0.15) is 17.6 Å². The van der Waals surface area contributed by atoms with Gasteiger partial charge in [0.15, 0.2) is 5.15 Å². The van der Waals surface area contributed by atoms with Crippen molar-refractivity contribution in [1.82, 2.24) is 9.97 Å². The van der Waals surface area contributed by atoms with Crippen molar-refractivity contribution in [3.63, 3.8) is 0 Å². The zero-order valence-corrected chi connectivity index (χ0v) is 9.28. The van der Waals surface area contributed by atoms with Gasteiger partial charge in [0.25, 0.3) is 0 Å². The van der Waals surface area contributed by atoms with Crippen molar-refractivity contribution >= 4 is 29.0 Å². The van der Waals surface area contributed by atoms with Crippen LogP contribution in [0, 0.1) is 0 Å². The van der Waals surface area contributed by atoms with Gasteiger partial charge in [-0.3, -0.25) is 4.98 Å². The molecule has 7 heteroatoms. The molecule has 0 saturated heterocycles. The molecule has 4 N–H and O–H groups in total. The Labute approximate surface area is 96.9 Å². The number of nitrogens with zero attached hydrogens (tertiary/aromatic N) is 2. The normalized spacial score (nSPS) is 14.9. The summed E-state index contributed by atoms with van der Waals surface area (Å²) in [6.45, 7) is 0. The van der Waals surface area contributed by atoms with Crippen molar-refractivity contribution in [2.24, 2.45) is 0 Å². The first-order valence-corrected chi connectivity index (χ1v) is 5.17. The highest BCUT2D eigenvalue weighted by molar-refractivity contribution is 6.30. The highest BCUT2D eigenvalue weighted by Crippen LogP contribution is 2.23. The minimum Gasteiger partial charge on any atom is -0.390 e. The Bertz CT molecular complexity index is 338. The fraction of sp³-hybridized carbons (Fsp3) is 0.500. The number of hydrogen-bond acceptors (Lipinski definition) is 5. The van der Waals surface area contributed by atoms with Crippen molar-refractivity contribution in [3.8, 4) is 0 Å². The molecule has 0 spiro atoms. The summed E-state index contributed by atoms with van der Waals surface area (Å²) in [6.07, 6.45) is -0.717. The molecule has 0 bridgehead atoms. The largest absolute Gasteiger partial charge is 0.390 e. The molecule has 1 aromatic heterocycles. The van der Waals surface area contributed by atoms with Crippen LogP contribution in [-0.2, 0) is 0 Å². The fourth-order valence-electron chi connectivity index (χ4n) is 1.04. The summed E-state index contributed by atoms with van der Waals surface area (Å²) in [5, 5.41) is 19.1. The monoisotopic (exact) mass is 251 g/mol. The third-order valence-corrected chi connectivity index (χ3v) is 2.32. The van der Waals surface area contributed by atoms with Crippen molar-refractivity contribution < 1.29 is 10.2 Å². The van der Waals surface area contributed by atoms with Gasteiger partial charge in [0.05, 0.1) is 12.3 Å². The SMILES string of the molecule is Nc1cnc(C(O)C(O)CCCl)c(Cl)n1. The van der Waals surface area contributed by atoms with Gasteiger partial charge in [0.2, 0.25) is 0 Å². The van der Waals surface area contributed by atoms with Crippen molar-refractivity contribution in [1.29, 1.82) is 0 Å². The van der Waals surface area contributed by atoms with Crippen molar-refractivity contribution in [2.75, 3.05) is 11.6 Å². The van der Waals surface area contributed by atoms with Crippen molar-refractivity contribution in [3.05, 3.63) is 17.0 Å². The lowest BCUT2D eigenvalue weighted by Gasteiger charge is -2.16. The topological polar surface area (TPSA) is 92.3 Å². The number of aliphatic hydroxyl groups excluding tert-OH is 2. The third-order valence-electron chi connectivity index (χ3n) is 1.82. The van der Waals surface area contributed by atoms with E-state index in [1.54, 1.807) is 0 Å². The molecule has 0 aliphatic heterocycles. The quantitative estimate of drug-likeness (QED) is 0.687. The Kier molecular flexibility index (Phi) is 4.53. The Morgan fingerprint density at radius 1 is 1.47 bits per heavy atom. The Morgan fingerprint density at radius 2 is 2.13 bits per heavy atom. The maximum absolute atomic E-state index is 9.66. The predicted molar refractivity (Wildman–Crippen MR) is 57.8 cm³/mol. The molecule has 0 saturated carbocycles. The molecule has 2 unspecified atom stereocenters. The standard InChI is InChI=1S/C8H11Cl2N3O2/c9-2-1-4(14)7(15)6-8(10)13-5(11)3-12-6/h3-4,7,14-15H,1-2H2,(H2,11,13). The van der Waals surface area contributed by atoms with E-state index in [0.717, 1.165) is 0 Å². The lowest BCUT2D eigenvalue weighted by Crippen LogP contribution is -2.20. The van der Waals surface area contributed by atoms with Crippen molar-refractivity contribution in [2.45, 2.75) is 18.6 Å². The molecule has 2 atom stereocenters. The summed E-state index contributed by atoms with van der Waals surface area (Å²) < 4.78 is 0. The molecule has 0 aliphatic rings. The lowest BCUT2D eigenvalue weighted by atomic mass is 10.1. The van der Waals surface area contributed by atoms with Gasteiger partial charge in [-0.1, -0.05) is 11.6 Å². The van der Waals surface area contributed by atoms with Crippen LogP contribution in [0.25, 0.3) is 0 Å². The zero-order chi connectivity index (χ0) is 11.4. The van der Waals surface area contributed by atoms with E-state index < -0.39 is 12.2 Å². The summed E-state index contributed by atoms with van der Waals surface area (Å²) in [5.41, 5.74) is 5.44. The van der Waals surface area contributed by atoms with Gasteiger partial charge in [-0.05, 0) is 6.42 Å². The highest BCUT2D eigenvalue weighted by atomic mass is 35.5. The van der Waals surface area contributed by atoms with E-state index >= 15 is 0 Å². The molecule has 0 radical (unpaired) electrons. The van der Waals surface area contributed by atoms with Crippen LogP contribution in [-0.4, -0.2) is 32.2 Å². The molecular formula is C8H11Cl2N3O2. The first-order valence-electron chi connectivity index (χ1n) is 4.26. The van der Waals surface area contributed by atoms with Crippen LogP contribution in [0.5, 0.6) is 0 Å². The van der Waals surface area contributed by atoms with Crippen LogP contribution in [0.2, 0.25) is 5.15 Å². The molecule has 1 heterocycles. The molecule has 84 valence electrons. The van der Waals surface area contributed by atoms with Crippen LogP contribution in [0.3, 0.4) is 0 Å². The second kappa shape index (κ2) is 5.46. The molecular weight excluding hydrogens is 241 g/mol. The molecule has 5 nitrogen and oxygen atoms in total. The van der Waals surface area contributed by atoms with Gasteiger partial charge < -0.3 is 15.9 Å². The third kappa shape index (κ3) is 3.17. The second-order valence-electron chi connectivity index (χ2n) is 2.96. The minimum atomic E-state index is -1.20. The molecule has 0 aliphatic carbocycles. The Balaban J connectivity index is 2.86. The maximum atomic E-state index is 9.66. The van der Waals surface area contributed by atoms with E-state index in [4.69, 9.17) is 28.9 Å². The Morgan fingerprint density at radius 3 is 2.67 bits per heavy atom. The van der Waals surface area contributed by atoms with Crippen LogP contribution in [0.15, 0.2) is 6.20 Å². The van der Waals surface area contributed by atoms with E-state index in [-0.39, 0.29) is 29.0 Å². The summed E-state index contributed by atoms with van der Waals surface area (Å²) in [7, 11) is 0. The van der Waals surface area contributed by atoms with Crippen LogP contribution in [0.1, 0.15) is 18.2 Å². The van der Waals surface area contributed by atoms with Gasteiger partial charge >= 0.3 is 0 Å². The molecule has 0 amide bonds. The first-order chi connectivity index (χ1) is 7.06. The number of alkyl halides is 1. The molecule has 0 fully saturated rings. The maximum Gasteiger partial charge on any atom is 0.155 e. The summed E-state index contributed by atoms with van der Waals surface area (Å²) in [5.74, 6) is 0.390. The van der Waals surface area contributed by atoms with E-state index in [2.05, 4.69) is 9.97 Å². The number of anilines is 1. The zero-order valence-electron chi connectivity index (χ0n) is 7.77. The predicted octanol–water partition coefficient (Wildman–Crippen LogP) is 0.735. The number of nitrogens with two attached hydrogens (primary N) is 1. The number of halogens is 2. The number of aliphatic hydroxyl groups is 2. The number of aromatic nitrogens is 2. The fourth-order valence-corrected chi connectivity index (χ4v) is 1.52. The number of hydrogen-bond donors (Lipinski definition) is 3. The van der Waals surface area contributed by atoms with Crippen LogP contribution >= 0.6 is 23.2 Å². The summed E-state index contributed by atoms with van der Waals surface area (Å²) in [4.78, 5) is 7.52. The molecule has 1 aromatic rings. The van der Waals surface area contributed by atoms with E-state index in [1.807, 2.05) is 0 Å². The van der Waals surface area contributed by atoms with Crippen LogP contribution < -0.4 is 5.73 Å². The molecule has 15 heavy (non-hydrogen) atoms. The lowest BCUT2D eigenvalue weighted by molar-refractivity contribution is 0.0143. The van der Waals surface area contributed by atoms with Gasteiger partial charge in [-0.15, -0.1) is 11.6 Å². The molecule has 1 rings (SSSR count). The van der Waals surface area contributed by atoms with E-state index in [9.17, 15) is 10.2 Å². The average Bonchev–Trinajstić information content (AvgIpc) is 2.17. The Hall–Kier alpha value is -0.620. The summed E-state index contributed by atoms with van der Waals surface area (Å²) >= 11 is 11.1. The smallest absolute Gasteiger partial charge is 0.155 e. The van der Waals surface area contributed by atoms with Gasteiger partial charge in [-0.25, -0.2) is 4.98 Å². The van der Waals surface area contributed by atoms with E-state index in [1.165, 1.54) is 6.20 Å². The molecule has 0 aromatic carbocycles. The first kappa shape index (κ1) is 12.4. The van der Waals surface area contributed by atoms with Crippen LogP contribution in [0.4, 0.5) is 5.82 Å². The number of rotatable bonds is 4. The average molecular weight is 252 g/mol. The van der Waals surface area contributed by atoms with E-state index in [0.29, 0.717) is 0 Å². The summed E-state index contributed by atoms with van der Waals surface area (Å²) in [6, 6.07) is 0.